The highest BCUT2D eigenvalue weighted by Gasteiger charge is 2.49. The Labute approximate surface area is 162 Å². The second kappa shape index (κ2) is 6.69. The summed E-state index contributed by atoms with van der Waals surface area (Å²) in [7, 11) is 3.48. The molecule has 0 saturated carbocycles. The minimum atomic E-state index is -0.580. The van der Waals surface area contributed by atoms with Crippen LogP contribution in [0.2, 0.25) is 0 Å². The highest BCUT2D eigenvalue weighted by molar-refractivity contribution is 7.05. The van der Waals surface area contributed by atoms with Crippen LogP contribution in [0.25, 0.3) is 0 Å². The number of piperidine rings is 1. The van der Waals surface area contributed by atoms with E-state index in [9.17, 15) is 9.59 Å². The Hall–Kier alpha value is -2.32. The van der Waals surface area contributed by atoms with E-state index in [0.29, 0.717) is 31.6 Å². The van der Waals surface area contributed by atoms with Crippen molar-refractivity contribution in [1.29, 1.82) is 0 Å². The van der Waals surface area contributed by atoms with Crippen molar-refractivity contribution < 1.29 is 14.3 Å². The van der Waals surface area contributed by atoms with E-state index in [1.165, 1.54) is 11.5 Å². The third-order valence-electron chi connectivity index (χ3n) is 5.46. The summed E-state index contributed by atoms with van der Waals surface area (Å²) in [4.78, 5) is 29.5. The molecule has 1 fully saturated rings. The van der Waals surface area contributed by atoms with Crippen molar-refractivity contribution in [2.24, 2.45) is 0 Å². The molecule has 1 atom stereocenters. The van der Waals surface area contributed by atoms with E-state index in [1.807, 2.05) is 36.1 Å². The molecule has 0 N–H and O–H groups in total. The second-order valence-corrected chi connectivity index (χ2v) is 8.24. The zero-order chi connectivity index (χ0) is 19.2. The Balaban J connectivity index is 1.57. The quantitative estimate of drug-likeness (QED) is 0.790. The lowest BCUT2D eigenvalue weighted by Gasteiger charge is -2.39. The van der Waals surface area contributed by atoms with Crippen LogP contribution in [-0.4, -0.2) is 58.4 Å². The fourth-order valence-electron chi connectivity index (χ4n) is 3.95. The van der Waals surface area contributed by atoms with Gasteiger partial charge < -0.3 is 14.5 Å². The van der Waals surface area contributed by atoms with Gasteiger partial charge in [-0.15, -0.1) is 5.10 Å². The predicted octanol–water partition coefficient (Wildman–Crippen LogP) is 2.14. The minimum Gasteiger partial charge on any atom is -0.352 e. The number of likely N-dealkylation sites (N-methyl/N-ethyl adjacent to an activating group) is 1. The molecule has 2 aliphatic heterocycles. The lowest BCUT2D eigenvalue weighted by atomic mass is 9.83. The molecule has 1 spiro atoms. The zero-order valence-electron chi connectivity index (χ0n) is 15.6. The third kappa shape index (κ3) is 2.93. The van der Waals surface area contributed by atoms with E-state index < -0.39 is 11.7 Å². The summed E-state index contributed by atoms with van der Waals surface area (Å²) >= 11 is 1.24. The Kier molecular flexibility index (Phi) is 4.47. The summed E-state index contributed by atoms with van der Waals surface area (Å²) in [5.41, 5.74) is 1.93. The first-order valence-corrected chi connectivity index (χ1v) is 9.77. The van der Waals surface area contributed by atoms with Gasteiger partial charge in [0.15, 0.2) is 11.8 Å². The monoisotopic (exact) mass is 386 g/mol. The molecule has 1 saturated heterocycles. The molecule has 2 amide bonds. The maximum absolute atomic E-state index is 12.7. The first-order valence-electron chi connectivity index (χ1n) is 8.99. The Bertz CT molecular complexity index is 887. The topological polar surface area (TPSA) is 75.6 Å². The summed E-state index contributed by atoms with van der Waals surface area (Å²) in [5.74, 6) is -0.134. The maximum Gasteiger partial charge on any atom is 0.275 e. The second-order valence-electron chi connectivity index (χ2n) is 7.28. The number of hydrogen-bond donors (Lipinski definition) is 0. The van der Waals surface area contributed by atoms with E-state index in [-0.39, 0.29) is 11.8 Å². The largest absolute Gasteiger partial charge is 0.352 e. The smallest absolute Gasteiger partial charge is 0.275 e. The number of ether oxygens (including phenoxy) is 1. The van der Waals surface area contributed by atoms with Crippen LogP contribution >= 0.6 is 11.5 Å². The van der Waals surface area contributed by atoms with Crippen LogP contribution in [0.4, 0.5) is 0 Å². The lowest BCUT2D eigenvalue weighted by Crippen LogP contribution is -2.45. The highest BCUT2D eigenvalue weighted by atomic mass is 32.1. The van der Waals surface area contributed by atoms with Gasteiger partial charge in [0.1, 0.15) is 0 Å². The van der Waals surface area contributed by atoms with Gasteiger partial charge in [-0.1, -0.05) is 28.8 Å². The van der Waals surface area contributed by atoms with Crippen molar-refractivity contribution in [3.8, 4) is 0 Å². The molecule has 0 aliphatic carbocycles. The maximum atomic E-state index is 12.7. The molecule has 2 aromatic rings. The first-order chi connectivity index (χ1) is 12.9. The Morgan fingerprint density at radius 3 is 2.59 bits per heavy atom. The summed E-state index contributed by atoms with van der Waals surface area (Å²) in [6, 6.07) is 7.93. The fourth-order valence-corrected chi connectivity index (χ4v) is 4.41. The average molecular weight is 386 g/mol. The number of fused-ring (bicyclic) bond motifs is 2. The van der Waals surface area contributed by atoms with Gasteiger partial charge in [0.05, 0.1) is 10.5 Å². The fraction of sp³-hybridized carbons (Fsp3) is 0.474. The van der Waals surface area contributed by atoms with E-state index in [4.69, 9.17) is 4.74 Å². The molecule has 4 rings (SSSR count). The number of hydrogen-bond acceptors (Lipinski definition) is 6. The van der Waals surface area contributed by atoms with E-state index in [0.717, 1.165) is 16.0 Å². The molecule has 27 heavy (non-hydrogen) atoms. The summed E-state index contributed by atoms with van der Waals surface area (Å²) in [6.45, 7) is 2.98. The molecule has 142 valence electrons. The average Bonchev–Trinajstić information content (AvgIpc) is 3.24. The highest BCUT2D eigenvalue weighted by Crippen LogP contribution is 2.49. The van der Waals surface area contributed by atoms with Crippen molar-refractivity contribution in [1.82, 2.24) is 19.4 Å². The standard InChI is InChI=1S/C19H22N4O3S/c1-12-15(20-21-27-12)17(24)23-10-8-19(9-11-23)14-7-5-4-6-13(14)16(26-19)18(25)22(2)3/h4-7,16H,8-11H2,1-3H3. The molecule has 1 aromatic carbocycles. The van der Waals surface area contributed by atoms with Crippen LogP contribution in [0.5, 0.6) is 0 Å². The number of amides is 2. The van der Waals surface area contributed by atoms with Crippen molar-refractivity contribution >= 4 is 23.3 Å². The third-order valence-corrected chi connectivity index (χ3v) is 6.09. The van der Waals surface area contributed by atoms with Crippen molar-refractivity contribution in [2.75, 3.05) is 27.2 Å². The van der Waals surface area contributed by atoms with Gasteiger partial charge in [0.2, 0.25) is 0 Å². The van der Waals surface area contributed by atoms with Crippen LogP contribution in [0.3, 0.4) is 0 Å². The van der Waals surface area contributed by atoms with Gasteiger partial charge in [-0.2, -0.15) is 0 Å². The van der Waals surface area contributed by atoms with E-state index in [1.54, 1.807) is 19.0 Å². The summed E-state index contributed by atoms with van der Waals surface area (Å²) in [5, 5.41) is 3.97. The normalized spacial score (nSPS) is 20.6. The number of aryl methyl sites for hydroxylation is 1. The molecule has 3 heterocycles. The van der Waals surface area contributed by atoms with Gasteiger partial charge in [-0.3, -0.25) is 9.59 Å². The first kappa shape index (κ1) is 18.1. The minimum absolute atomic E-state index is 0.0537. The molecule has 1 aromatic heterocycles. The van der Waals surface area contributed by atoms with E-state index >= 15 is 0 Å². The number of benzene rings is 1. The summed E-state index contributed by atoms with van der Waals surface area (Å²) in [6.07, 6.45) is 0.732. The van der Waals surface area contributed by atoms with Crippen LogP contribution in [0.15, 0.2) is 24.3 Å². The predicted molar refractivity (Wildman–Crippen MR) is 100 cm³/mol. The van der Waals surface area contributed by atoms with Crippen molar-refractivity contribution in [2.45, 2.75) is 31.5 Å². The zero-order valence-corrected chi connectivity index (χ0v) is 16.5. The molecular formula is C19H22N4O3S. The van der Waals surface area contributed by atoms with Crippen molar-refractivity contribution in [3.63, 3.8) is 0 Å². The molecule has 7 nitrogen and oxygen atoms in total. The number of carbonyl (C=O) groups excluding carboxylic acids is 2. The molecule has 8 heteroatoms. The van der Waals surface area contributed by atoms with E-state index in [2.05, 4.69) is 9.59 Å². The Morgan fingerprint density at radius 2 is 1.96 bits per heavy atom. The number of aromatic nitrogens is 2. The molecular weight excluding hydrogens is 364 g/mol. The SMILES string of the molecule is Cc1snnc1C(=O)N1CCC2(CC1)OC(C(=O)N(C)C)c1ccccc12. The molecule has 0 radical (unpaired) electrons. The van der Waals surface area contributed by atoms with Crippen LogP contribution in [0.1, 0.15) is 45.4 Å². The van der Waals surface area contributed by atoms with Crippen molar-refractivity contribution in [3.05, 3.63) is 46.0 Å². The van der Waals surface area contributed by atoms with Gasteiger partial charge >= 0.3 is 0 Å². The number of rotatable bonds is 2. The number of likely N-dealkylation sites (tertiary alicyclic amines) is 1. The Morgan fingerprint density at radius 1 is 1.26 bits per heavy atom. The molecule has 1 unspecified atom stereocenters. The van der Waals surface area contributed by atoms with Gasteiger partial charge in [-0.25, -0.2) is 0 Å². The van der Waals surface area contributed by atoms with Gasteiger partial charge in [0, 0.05) is 27.2 Å². The lowest BCUT2D eigenvalue weighted by molar-refractivity contribution is -0.157. The molecule has 2 aliphatic rings. The van der Waals surface area contributed by atoms with Crippen LogP contribution < -0.4 is 0 Å². The van der Waals surface area contributed by atoms with Gasteiger partial charge in [-0.05, 0) is 42.4 Å². The van der Waals surface area contributed by atoms with Gasteiger partial charge in [0.25, 0.3) is 11.8 Å². The van der Waals surface area contributed by atoms with Crippen LogP contribution in [-0.2, 0) is 15.1 Å². The number of carbonyl (C=O) groups is 2. The van der Waals surface area contributed by atoms with Crippen LogP contribution in [0, 0.1) is 6.92 Å². The number of nitrogens with zero attached hydrogens (tertiary/aromatic N) is 4. The molecule has 0 bridgehead atoms. The summed E-state index contributed by atoms with van der Waals surface area (Å²) < 4.78 is 10.2.